The van der Waals surface area contributed by atoms with Gasteiger partial charge in [0.2, 0.25) is 10.0 Å². The fraction of sp³-hybridized carbons (Fsp3) is 0.417. The van der Waals surface area contributed by atoms with Crippen molar-refractivity contribution in [2.75, 3.05) is 10.5 Å². The van der Waals surface area contributed by atoms with Crippen molar-refractivity contribution in [3.05, 3.63) is 29.8 Å². The van der Waals surface area contributed by atoms with Crippen LogP contribution in [0.3, 0.4) is 0 Å². The van der Waals surface area contributed by atoms with Crippen LogP contribution in [0.5, 0.6) is 0 Å². The Bertz CT molecular complexity index is 543. The second-order valence-corrected chi connectivity index (χ2v) is 6.77. The van der Waals surface area contributed by atoms with E-state index in [0.29, 0.717) is 5.69 Å². The topological polar surface area (TPSA) is 83.5 Å². The number of anilines is 1. The Morgan fingerprint density at radius 2 is 1.83 bits per heavy atom. The maximum absolute atomic E-state index is 11.6. The highest BCUT2D eigenvalue weighted by Crippen LogP contribution is 2.29. The molecule has 5 nitrogen and oxygen atoms in total. The normalized spacial score (nSPS) is 12.2. The van der Waals surface area contributed by atoms with Gasteiger partial charge in [0, 0.05) is 0 Å². The van der Waals surface area contributed by atoms with Gasteiger partial charge in [-0.05, 0) is 17.0 Å². The third-order valence-corrected chi connectivity index (χ3v) is 3.47. The molecule has 0 aliphatic rings. The van der Waals surface area contributed by atoms with Crippen LogP contribution in [0.25, 0.3) is 0 Å². The van der Waals surface area contributed by atoms with Crippen LogP contribution in [0, 0.1) is 0 Å². The van der Waals surface area contributed by atoms with Crippen molar-refractivity contribution in [2.24, 2.45) is 0 Å². The average Bonchev–Trinajstić information content (AvgIpc) is 2.13. The largest absolute Gasteiger partial charge is 0.480 e. The highest BCUT2D eigenvalue weighted by Gasteiger charge is 2.21. The van der Waals surface area contributed by atoms with Gasteiger partial charge >= 0.3 is 5.97 Å². The summed E-state index contributed by atoms with van der Waals surface area (Å²) < 4.78 is 25.5. The van der Waals surface area contributed by atoms with Gasteiger partial charge in [0.05, 0.1) is 5.69 Å². The van der Waals surface area contributed by atoms with Gasteiger partial charge in [-0.25, -0.2) is 8.42 Å². The molecule has 0 bridgehead atoms. The third-order valence-electron chi connectivity index (χ3n) is 2.31. The summed E-state index contributed by atoms with van der Waals surface area (Å²) in [6.45, 7) is 5.87. The van der Waals surface area contributed by atoms with Crippen LogP contribution < -0.4 is 4.72 Å². The van der Waals surface area contributed by atoms with E-state index in [1.54, 1.807) is 12.1 Å². The maximum Gasteiger partial charge on any atom is 0.320 e. The second-order valence-electron chi connectivity index (χ2n) is 5.05. The lowest BCUT2D eigenvalue weighted by atomic mass is 9.86. The number of carboxylic acids is 1. The van der Waals surface area contributed by atoms with Crippen molar-refractivity contribution in [1.82, 2.24) is 0 Å². The van der Waals surface area contributed by atoms with E-state index < -0.39 is 21.7 Å². The van der Waals surface area contributed by atoms with Gasteiger partial charge in [-0.1, -0.05) is 39.0 Å². The third kappa shape index (κ3) is 4.03. The summed E-state index contributed by atoms with van der Waals surface area (Å²) in [6, 6.07) is 6.96. The molecule has 0 amide bonds. The number of benzene rings is 1. The molecule has 0 fully saturated rings. The van der Waals surface area contributed by atoms with E-state index in [9.17, 15) is 13.2 Å². The monoisotopic (exact) mass is 271 g/mol. The van der Waals surface area contributed by atoms with E-state index in [1.165, 1.54) is 0 Å². The van der Waals surface area contributed by atoms with E-state index >= 15 is 0 Å². The van der Waals surface area contributed by atoms with Gasteiger partial charge in [0.15, 0.2) is 5.75 Å². The van der Waals surface area contributed by atoms with Crippen LogP contribution in [0.4, 0.5) is 5.69 Å². The molecule has 0 saturated heterocycles. The molecule has 0 saturated carbocycles. The first kappa shape index (κ1) is 14.5. The molecule has 0 radical (unpaired) electrons. The highest BCUT2D eigenvalue weighted by molar-refractivity contribution is 7.93. The molecule has 2 N–H and O–H groups in total. The van der Waals surface area contributed by atoms with E-state index in [-0.39, 0.29) is 5.41 Å². The summed E-state index contributed by atoms with van der Waals surface area (Å²) in [5.74, 6) is -2.32. The Kier molecular flexibility index (Phi) is 4.01. The first-order valence-electron chi connectivity index (χ1n) is 5.43. The van der Waals surface area contributed by atoms with Gasteiger partial charge in [0.1, 0.15) is 0 Å². The molecular formula is C12H17NO4S. The predicted octanol–water partition coefficient (Wildman–Crippen LogP) is 1.81. The first-order chi connectivity index (χ1) is 8.12. The molecule has 0 aromatic heterocycles. The van der Waals surface area contributed by atoms with E-state index in [1.807, 2.05) is 32.9 Å². The number of carbonyl (C=O) groups is 1. The van der Waals surface area contributed by atoms with E-state index in [0.717, 1.165) is 5.56 Å². The Morgan fingerprint density at radius 1 is 1.28 bits per heavy atom. The van der Waals surface area contributed by atoms with Crippen LogP contribution in [0.1, 0.15) is 26.3 Å². The number of rotatable bonds is 4. The Balaban J connectivity index is 3.09. The number of hydrogen-bond acceptors (Lipinski definition) is 3. The number of nitrogens with one attached hydrogen (secondary N) is 1. The summed E-state index contributed by atoms with van der Waals surface area (Å²) >= 11 is 0. The molecule has 1 aromatic rings. The van der Waals surface area contributed by atoms with Crippen LogP contribution in [0.2, 0.25) is 0 Å². The van der Waals surface area contributed by atoms with Crippen molar-refractivity contribution in [3.63, 3.8) is 0 Å². The van der Waals surface area contributed by atoms with Gasteiger partial charge in [-0.2, -0.15) is 0 Å². The van der Waals surface area contributed by atoms with Crippen LogP contribution in [0.15, 0.2) is 24.3 Å². The number of sulfonamides is 1. The predicted molar refractivity (Wildman–Crippen MR) is 70.2 cm³/mol. The molecule has 0 spiro atoms. The molecule has 1 aromatic carbocycles. The highest BCUT2D eigenvalue weighted by atomic mass is 32.2. The number of carboxylic acid groups (broad SMARTS) is 1. The zero-order valence-corrected chi connectivity index (χ0v) is 11.4. The van der Waals surface area contributed by atoms with Crippen molar-refractivity contribution in [1.29, 1.82) is 0 Å². The zero-order chi connectivity index (χ0) is 14.0. The minimum Gasteiger partial charge on any atom is -0.480 e. The fourth-order valence-electron chi connectivity index (χ4n) is 1.59. The quantitative estimate of drug-likeness (QED) is 0.874. The Morgan fingerprint density at radius 3 is 2.33 bits per heavy atom. The summed E-state index contributed by atoms with van der Waals surface area (Å²) in [5.41, 5.74) is 1.01. The Hall–Kier alpha value is -1.56. The lowest BCUT2D eigenvalue weighted by Gasteiger charge is -2.23. The zero-order valence-electron chi connectivity index (χ0n) is 10.6. The minimum absolute atomic E-state index is 0.234. The van der Waals surface area contributed by atoms with Gasteiger partial charge in [0.25, 0.3) is 0 Å². The fourth-order valence-corrected chi connectivity index (χ4v) is 2.50. The SMILES string of the molecule is CC(C)(C)c1ccccc1NS(=O)(=O)CC(=O)O. The summed E-state index contributed by atoms with van der Waals surface area (Å²) in [4.78, 5) is 10.5. The average molecular weight is 271 g/mol. The molecule has 1 rings (SSSR count). The first-order valence-corrected chi connectivity index (χ1v) is 7.09. The van der Waals surface area contributed by atoms with Crippen molar-refractivity contribution < 1.29 is 18.3 Å². The Labute approximate surface area is 107 Å². The summed E-state index contributed by atoms with van der Waals surface area (Å²) in [5, 5.41) is 8.54. The van der Waals surface area contributed by atoms with Gasteiger partial charge < -0.3 is 5.11 Å². The smallest absolute Gasteiger partial charge is 0.320 e. The molecule has 0 aliphatic carbocycles. The molecule has 0 aliphatic heterocycles. The molecule has 100 valence electrons. The van der Waals surface area contributed by atoms with Gasteiger partial charge in [-0.15, -0.1) is 0 Å². The van der Waals surface area contributed by atoms with Crippen LogP contribution in [-0.4, -0.2) is 25.2 Å². The lowest BCUT2D eigenvalue weighted by Crippen LogP contribution is -2.24. The summed E-state index contributed by atoms with van der Waals surface area (Å²) in [6.07, 6.45) is 0. The maximum atomic E-state index is 11.6. The van der Waals surface area contributed by atoms with Crippen molar-refractivity contribution in [3.8, 4) is 0 Å². The number of para-hydroxylation sites is 1. The van der Waals surface area contributed by atoms with E-state index in [2.05, 4.69) is 4.72 Å². The van der Waals surface area contributed by atoms with E-state index in [4.69, 9.17) is 5.11 Å². The molecule has 6 heteroatoms. The standard InChI is InChI=1S/C12H17NO4S/c1-12(2,3)9-6-4-5-7-10(9)13-18(16,17)8-11(14)15/h4-7,13H,8H2,1-3H3,(H,14,15). The van der Waals surface area contributed by atoms with Crippen LogP contribution in [-0.2, 0) is 20.2 Å². The molecule has 0 atom stereocenters. The van der Waals surface area contributed by atoms with Crippen LogP contribution >= 0.6 is 0 Å². The molecule has 0 heterocycles. The number of hydrogen-bond donors (Lipinski definition) is 2. The lowest BCUT2D eigenvalue weighted by molar-refractivity contribution is -0.134. The van der Waals surface area contributed by atoms with Crippen molar-refractivity contribution >= 4 is 21.7 Å². The molecule has 0 unspecified atom stereocenters. The van der Waals surface area contributed by atoms with Crippen molar-refractivity contribution in [2.45, 2.75) is 26.2 Å². The molecule has 18 heavy (non-hydrogen) atoms. The van der Waals surface area contributed by atoms with Gasteiger partial charge in [-0.3, -0.25) is 9.52 Å². The minimum atomic E-state index is -3.87. The summed E-state index contributed by atoms with van der Waals surface area (Å²) in [7, 11) is -3.87. The molecular weight excluding hydrogens is 254 g/mol. The second kappa shape index (κ2) is 4.97. The number of aliphatic carboxylic acids is 1.